The third-order valence-corrected chi connectivity index (χ3v) is 3.19. The lowest BCUT2D eigenvalue weighted by Crippen LogP contribution is -2.03. The van der Waals surface area contributed by atoms with Gasteiger partial charge < -0.3 is 10.1 Å². The molecule has 0 aliphatic heterocycles. The van der Waals surface area contributed by atoms with E-state index in [9.17, 15) is 9.59 Å². The normalized spacial score (nSPS) is 10.6. The number of Topliss-reactive ketones (excluding diaryl/α,β-unsaturated/α-hetero) is 1. The standard InChI is InChI=1S/C12H10BrNO3/c13-9-3-1-2-7-8(6-14-12(7)9)10(15)4-5-11(16)17/h1-3,6,14H,4-5H2,(H,16,17). The number of fused-ring (bicyclic) bond motifs is 1. The molecule has 0 spiro atoms. The summed E-state index contributed by atoms with van der Waals surface area (Å²) in [5.41, 5.74) is 1.40. The van der Waals surface area contributed by atoms with Gasteiger partial charge in [-0.25, -0.2) is 0 Å². The maximum atomic E-state index is 11.8. The zero-order chi connectivity index (χ0) is 12.4. The molecular weight excluding hydrogens is 286 g/mol. The molecule has 0 atom stereocenters. The maximum absolute atomic E-state index is 11.8. The monoisotopic (exact) mass is 295 g/mol. The van der Waals surface area contributed by atoms with Gasteiger partial charge in [-0.15, -0.1) is 0 Å². The number of carbonyl (C=O) groups is 2. The van der Waals surface area contributed by atoms with Crippen LogP contribution in [0.4, 0.5) is 0 Å². The fraction of sp³-hybridized carbons (Fsp3) is 0.167. The second kappa shape index (κ2) is 4.71. The second-order valence-corrected chi connectivity index (χ2v) is 4.54. The minimum atomic E-state index is -0.959. The highest BCUT2D eigenvalue weighted by atomic mass is 79.9. The first kappa shape index (κ1) is 11.9. The van der Waals surface area contributed by atoms with Crippen molar-refractivity contribution in [3.8, 4) is 0 Å². The van der Waals surface area contributed by atoms with E-state index in [1.54, 1.807) is 6.20 Å². The van der Waals surface area contributed by atoms with Crippen molar-refractivity contribution in [2.24, 2.45) is 0 Å². The van der Waals surface area contributed by atoms with E-state index in [1.165, 1.54) is 0 Å². The number of carbonyl (C=O) groups excluding carboxylic acids is 1. The van der Waals surface area contributed by atoms with Gasteiger partial charge >= 0.3 is 5.97 Å². The van der Waals surface area contributed by atoms with E-state index in [2.05, 4.69) is 20.9 Å². The number of hydrogen-bond donors (Lipinski definition) is 2. The number of benzene rings is 1. The van der Waals surface area contributed by atoms with Gasteiger partial charge in [0.25, 0.3) is 0 Å². The molecule has 4 nitrogen and oxygen atoms in total. The van der Waals surface area contributed by atoms with Crippen LogP contribution in [0.5, 0.6) is 0 Å². The molecule has 5 heteroatoms. The van der Waals surface area contributed by atoms with Crippen molar-refractivity contribution in [2.75, 3.05) is 0 Å². The molecule has 0 aliphatic rings. The molecular formula is C12H10BrNO3. The lowest BCUT2D eigenvalue weighted by atomic mass is 10.1. The molecule has 0 unspecified atom stereocenters. The molecule has 0 fully saturated rings. The van der Waals surface area contributed by atoms with Crippen LogP contribution in [0.2, 0.25) is 0 Å². The fourth-order valence-electron chi connectivity index (χ4n) is 1.70. The van der Waals surface area contributed by atoms with Crippen LogP contribution < -0.4 is 0 Å². The van der Waals surface area contributed by atoms with Gasteiger partial charge in [-0.3, -0.25) is 9.59 Å². The van der Waals surface area contributed by atoms with Crippen LogP contribution in [0.15, 0.2) is 28.9 Å². The Bertz CT molecular complexity index is 588. The molecule has 0 saturated carbocycles. The number of ketones is 1. The Hall–Kier alpha value is -1.62. The minimum Gasteiger partial charge on any atom is -0.481 e. The van der Waals surface area contributed by atoms with E-state index < -0.39 is 5.97 Å². The maximum Gasteiger partial charge on any atom is 0.303 e. The number of hydrogen-bond acceptors (Lipinski definition) is 2. The lowest BCUT2D eigenvalue weighted by Gasteiger charge is -1.98. The quantitative estimate of drug-likeness (QED) is 0.852. The topological polar surface area (TPSA) is 70.2 Å². The molecule has 88 valence electrons. The Kier molecular flexibility index (Phi) is 3.28. The van der Waals surface area contributed by atoms with Crippen molar-refractivity contribution >= 4 is 38.6 Å². The number of aromatic amines is 1. The number of para-hydroxylation sites is 1. The van der Waals surface area contributed by atoms with Crippen molar-refractivity contribution in [1.82, 2.24) is 4.98 Å². The third kappa shape index (κ3) is 2.39. The lowest BCUT2D eigenvalue weighted by molar-refractivity contribution is -0.136. The summed E-state index contributed by atoms with van der Waals surface area (Å²) >= 11 is 3.38. The Balaban J connectivity index is 2.33. The Labute approximate surface area is 106 Å². The van der Waals surface area contributed by atoms with Crippen LogP contribution in [-0.4, -0.2) is 21.8 Å². The molecule has 2 N–H and O–H groups in total. The first-order valence-corrected chi connectivity index (χ1v) is 5.89. The van der Waals surface area contributed by atoms with E-state index in [-0.39, 0.29) is 18.6 Å². The van der Waals surface area contributed by atoms with Gasteiger partial charge in [-0.05, 0) is 22.0 Å². The predicted octanol–water partition coefficient (Wildman–Crippen LogP) is 2.98. The smallest absolute Gasteiger partial charge is 0.303 e. The van der Waals surface area contributed by atoms with Crippen molar-refractivity contribution in [1.29, 1.82) is 0 Å². The van der Waals surface area contributed by atoms with Crippen molar-refractivity contribution in [2.45, 2.75) is 12.8 Å². The molecule has 0 radical (unpaired) electrons. The van der Waals surface area contributed by atoms with Gasteiger partial charge in [0, 0.05) is 28.0 Å². The number of halogens is 1. The zero-order valence-electron chi connectivity index (χ0n) is 8.87. The molecule has 0 aliphatic carbocycles. The number of aromatic nitrogens is 1. The highest BCUT2D eigenvalue weighted by molar-refractivity contribution is 9.10. The number of aliphatic carboxylic acids is 1. The number of rotatable bonds is 4. The van der Waals surface area contributed by atoms with Crippen molar-refractivity contribution in [3.05, 3.63) is 34.4 Å². The molecule has 17 heavy (non-hydrogen) atoms. The highest BCUT2D eigenvalue weighted by Gasteiger charge is 2.14. The summed E-state index contributed by atoms with van der Waals surface area (Å²) in [6.07, 6.45) is 1.51. The summed E-state index contributed by atoms with van der Waals surface area (Å²) in [6, 6.07) is 5.56. The zero-order valence-corrected chi connectivity index (χ0v) is 10.5. The molecule has 0 bridgehead atoms. The first-order chi connectivity index (χ1) is 8.09. The molecule has 0 amide bonds. The minimum absolute atomic E-state index is 0.0226. The number of nitrogens with one attached hydrogen (secondary N) is 1. The molecule has 1 aromatic heterocycles. The van der Waals surface area contributed by atoms with Gasteiger partial charge in [0.15, 0.2) is 5.78 Å². The summed E-state index contributed by atoms with van der Waals surface area (Å²) in [5.74, 6) is -1.11. The van der Waals surface area contributed by atoms with E-state index in [0.29, 0.717) is 5.56 Å². The Morgan fingerprint density at radius 2 is 2.06 bits per heavy atom. The third-order valence-electron chi connectivity index (χ3n) is 2.53. The fourth-order valence-corrected chi connectivity index (χ4v) is 2.18. The van der Waals surface area contributed by atoms with Crippen molar-refractivity contribution < 1.29 is 14.7 Å². The number of carboxylic acids is 1. The van der Waals surface area contributed by atoms with Crippen LogP contribution in [0.1, 0.15) is 23.2 Å². The van der Waals surface area contributed by atoms with E-state index in [4.69, 9.17) is 5.11 Å². The predicted molar refractivity (Wildman–Crippen MR) is 67.2 cm³/mol. The van der Waals surface area contributed by atoms with Gasteiger partial charge in [0.2, 0.25) is 0 Å². The van der Waals surface area contributed by atoms with Crippen LogP contribution in [0.3, 0.4) is 0 Å². The van der Waals surface area contributed by atoms with Gasteiger partial charge in [0.05, 0.1) is 11.9 Å². The van der Waals surface area contributed by atoms with E-state index in [0.717, 1.165) is 15.4 Å². The van der Waals surface area contributed by atoms with E-state index >= 15 is 0 Å². The molecule has 2 rings (SSSR count). The Morgan fingerprint density at radius 3 is 2.76 bits per heavy atom. The summed E-state index contributed by atoms with van der Waals surface area (Å²) in [4.78, 5) is 25.3. The molecule has 2 aromatic rings. The van der Waals surface area contributed by atoms with Gasteiger partial charge in [-0.1, -0.05) is 12.1 Å². The SMILES string of the molecule is O=C(O)CCC(=O)c1c[nH]c2c(Br)cccc12. The number of H-pyrrole nitrogens is 1. The molecule has 0 saturated heterocycles. The summed E-state index contributed by atoms with van der Waals surface area (Å²) in [6.45, 7) is 0. The summed E-state index contributed by atoms with van der Waals surface area (Å²) in [7, 11) is 0. The Morgan fingerprint density at radius 1 is 1.29 bits per heavy atom. The van der Waals surface area contributed by atoms with Crippen molar-refractivity contribution in [3.63, 3.8) is 0 Å². The second-order valence-electron chi connectivity index (χ2n) is 3.68. The highest BCUT2D eigenvalue weighted by Crippen LogP contribution is 2.26. The van der Waals surface area contributed by atoms with Crippen LogP contribution in [-0.2, 0) is 4.79 Å². The van der Waals surface area contributed by atoms with Crippen LogP contribution in [0, 0.1) is 0 Å². The average molecular weight is 296 g/mol. The molecule has 1 aromatic carbocycles. The number of carboxylic acid groups (broad SMARTS) is 1. The van der Waals surface area contributed by atoms with Gasteiger partial charge in [0.1, 0.15) is 0 Å². The van der Waals surface area contributed by atoms with E-state index in [1.807, 2.05) is 18.2 Å². The summed E-state index contributed by atoms with van der Waals surface area (Å²) < 4.78 is 0.882. The first-order valence-electron chi connectivity index (χ1n) is 5.10. The largest absolute Gasteiger partial charge is 0.481 e. The van der Waals surface area contributed by atoms with Gasteiger partial charge in [-0.2, -0.15) is 0 Å². The summed E-state index contributed by atoms with van der Waals surface area (Å²) in [5, 5.41) is 9.36. The average Bonchev–Trinajstić information content (AvgIpc) is 2.71. The van der Waals surface area contributed by atoms with Crippen LogP contribution >= 0.6 is 15.9 Å². The molecule has 1 heterocycles. The van der Waals surface area contributed by atoms with Crippen LogP contribution in [0.25, 0.3) is 10.9 Å².